The van der Waals surface area contributed by atoms with E-state index in [1.165, 1.54) is 0 Å². The molecule has 0 aliphatic carbocycles. The van der Waals surface area contributed by atoms with Crippen molar-refractivity contribution in [2.75, 3.05) is 5.32 Å². The van der Waals surface area contributed by atoms with Gasteiger partial charge in [0.2, 0.25) is 11.8 Å². The Hall–Kier alpha value is -3.14. The largest absolute Gasteiger partial charge is 0.354 e. The van der Waals surface area contributed by atoms with Crippen LogP contribution in [-0.2, 0) is 22.4 Å². The summed E-state index contributed by atoms with van der Waals surface area (Å²) in [5.41, 5.74) is 2.65. The second-order valence-corrected chi connectivity index (χ2v) is 6.96. The lowest BCUT2D eigenvalue weighted by Gasteiger charge is -2.10. The van der Waals surface area contributed by atoms with E-state index in [9.17, 15) is 9.59 Å². The van der Waals surface area contributed by atoms with E-state index in [4.69, 9.17) is 0 Å². The maximum Gasteiger partial charge on any atom is 0.228 e. The first kappa shape index (κ1) is 18.6. The molecule has 4 nitrogen and oxygen atoms in total. The summed E-state index contributed by atoms with van der Waals surface area (Å²) in [5, 5.41) is 8.03. The van der Waals surface area contributed by atoms with E-state index in [2.05, 4.69) is 10.6 Å². The average Bonchev–Trinajstić information content (AvgIpc) is 2.63. The van der Waals surface area contributed by atoms with Gasteiger partial charge in [-0.25, -0.2) is 0 Å². The van der Waals surface area contributed by atoms with Crippen molar-refractivity contribution in [2.24, 2.45) is 0 Å². The van der Waals surface area contributed by atoms with E-state index >= 15 is 0 Å². The van der Waals surface area contributed by atoms with Crippen LogP contribution in [0.2, 0.25) is 0 Å². The molecule has 0 atom stereocenters. The van der Waals surface area contributed by atoms with E-state index in [1.54, 1.807) is 0 Å². The minimum Gasteiger partial charge on any atom is -0.354 e. The third-order valence-corrected chi connectivity index (χ3v) is 4.28. The Morgan fingerprint density at radius 2 is 1.52 bits per heavy atom. The van der Waals surface area contributed by atoms with E-state index in [1.807, 2.05) is 80.6 Å². The minimum atomic E-state index is -0.0587. The van der Waals surface area contributed by atoms with Crippen molar-refractivity contribution in [2.45, 2.75) is 32.7 Å². The van der Waals surface area contributed by atoms with Gasteiger partial charge in [-0.1, -0.05) is 54.6 Å². The number of nitrogens with one attached hydrogen (secondary N) is 2. The molecule has 0 aliphatic rings. The molecule has 0 heterocycles. The topological polar surface area (TPSA) is 58.2 Å². The third-order valence-electron chi connectivity index (χ3n) is 4.28. The number of carbonyl (C=O) groups excluding carboxylic acids is 2. The van der Waals surface area contributed by atoms with E-state index < -0.39 is 0 Å². The van der Waals surface area contributed by atoms with Crippen molar-refractivity contribution in [1.82, 2.24) is 5.32 Å². The zero-order valence-corrected chi connectivity index (χ0v) is 15.7. The van der Waals surface area contributed by atoms with Crippen molar-refractivity contribution >= 4 is 28.3 Å². The van der Waals surface area contributed by atoms with Crippen LogP contribution in [0.5, 0.6) is 0 Å². The van der Waals surface area contributed by atoms with E-state index in [0.29, 0.717) is 12.8 Å². The molecule has 3 aromatic carbocycles. The number of amides is 2. The molecule has 0 fully saturated rings. The van der Waals surface area contributed by atoms with Crippen LogP contribution in [0.4, 0.5) is 5.69 Å². The average molecular weight is 360 g/mol. The van der Waals surface area contributed by atoms with Gasteiger partial charge in [-0.2, -0.15) is 0 Å². The Bertz CT molecular complexity index is 941. The number of anilines is 1. The molecule has 0 saturated carbocycles. The van der Waals surface area contributed by atoms with Crippen LogP contribution < -0.4 is 10.6 Å². The molecule has 4 heteroatoms. The van der Waals surface area contributed by atoms with Crippen LogP contribution in [-0.4, -0.2) is 17.9 Å². The highest BCUT2D eigenvalue weighted by Crippen LogP contribution is 2.19. The van der Waals surface area contributed by atoms with E-state index in [0.717, 1.165) is 27.6 Å². The van der Waals surface area contributed by atoms with Crippen molar-refractivity contribution in [1.29, 1.82) is 0 Å². The van der Waals surface area contributed by atoms with E-state index in [-0.39, 0.29) is 17.9 Å². The summed E-state index contributed by atoms with van der Waals surface area (Å²) < 4.78 is 0. The molecular weight excluding hydrogens is 336 g/mol. The smallest absolute Gasteiger partial charge is 0.228 e. The Morgan fingerprint density at radius 3 is 2.26 bits per heavy atom. The second kappa shape index (κ2) is 8.49. The van der Waals surface area contributed by atoms with Gasteiger partial charge in [-0.15, -0.1) is 0 Å². The number of carbonyl (C=O) groups is 2. The number of benzene rings is 3. The van der Waals surface area contributed by atoms with Gasteiger partial charge < -0.3 is 10.6 Å². The quantitative estimate of drug-likeness (QED) is 0.696. The molecule has 0 radical (unpaired) electrons. The second-order valence-electron chi connectivity index (χ2n) is 6.96. The van der Waals surface area contributed by atoms with Crippen molar-refractivity contribution < 1.29 is 9.59 Å². The SMILES string of the molecule is CC(C)NC(=O)Cc1ccc(NC(=O)Cc2cccc3ccccc23)cc1. The van der Waals surface area contributed by atoms with Gasteiger partial charge >= 0.3 is 0 Å². The Balaban J connectivity index is 1.61. The molecule has 2 amide bonds. The van der Waals surface area contributed by atoms with Gasteiger partial charge in [0, 0.05) is 11.7 Å². The summed E-state index contributed by atoms with van der Waals surface area (Å²) in [4.78, 5) is 24.2. The van der Waals surface area contributed by atoms with Crippen molar-refractivity contribution in [3.05, 3.63) is 77.9 Å². The fourth-order valence-electron chi connectivity index (χ4n) is 3.09. The molecule has 3 rings (SSSR count). The molecule has 0 aromatic heterocycles. The van der Waals surface area contributed by atoms with Crippen LogP contribution in [0.15, 0.2) is 66.7 Å². The number of rotatable bonds is 6. The van der Waals surface area contributed by atoms with Crippen molar-refractivity contribution in [3.8, 4) is 0 Å². The predicted octanol–water partition coefficient (Wildman–Crippen LogP) is 4.09. The van der Waals surface area contributed by atoms with Crippen molar-refractivity contribution in [3.63, 3.8) is 0 Å². The molecular formula is C23H24N2O2. The Labute approximate surface area is 159 Å². The normalized spacial score (nSPS) is 10.8. The maximum absolute atomic E-state index is 12.4. The van der Waals surface area contributed by atoms with Crippen LogP contribution in [0.25, 0.3) is 10.8 Å². The summed E-state index contributed by atoms with van der Waals surface area (Å²) in [6, 6.07) is 21.6. The standard InChI is InChI=1S/C23H24N2O2/c1-16(2)24-22(26)14-17-10-12-20(13-11-17)25-23(27)15-19-8-5-7-18-6-3-4-9-21(18)19/h3-13,16H,14-15H2,1-2H3,(H,24,26)(H,25,27). The monoisotopic (exact) mass is 360 g/mol. The van der Waals surface area contributed by atoms with Crippen LogP contribution >= 0.6 is 0 Å². The van der Waals surface area contributed by atoms with Crippen LogP contribution in [0, 0.1) is 0 Å². The lowest BCUT2D eigenvalue weighted by molar-refractivity contribution is -0.121. The van der Waals surface area contributed by atoms with Crippen LogP contribution in [0.3, 0.4) is 0 Å². The highest BCUT2D eigenvalue weighted by Gasteiger charge is 2.08. The maximum atomic E-state index is 12.4. The highest BCUT2D eigenvalue weighted by molar-refractivity contribution is 5.96. The molecule has 2 N–H and O–H groups in total. The highest BCUT2D eigenvalue weighted by atomic mass is 16.2. The molecule has 0 spiro atoms. The third kappa shape index (κ3) is 5.17. The fraction of sp³-hybridized carbons (Fsp3) is 0.217. The van der Waals surface area contributed by atoms with Gasteiger partial charge in [0.25, 0.3) is 0 Å². The fourth-order valence-corrected chi connectivity index (χ4v) is 3.09. The molecule has 138 valence electrons. The van der Waals surface area contributed by atoms with Gasteiger partial charge in [0.1, 0.15) is 0 Å². The first-order valence-corrected chi connectivity index (χ1v) is 9.16. The summed E-state index contributed by atoms with van der Waals surface area (Å²) in [7, 11) is 0. The van der Waals surface area contributed by atoms with Gasteiger partial charge in [-0.3, -0.25) is 9.59 Å². The number of hydrogen-bond donors (Lipinski definition) is 2. The Morgan fingerprint density at radius 1 is 0.815 bits per heavy atom. The first-order chi connectivity index (χ1) is 13.0. The zero-order valence-electron chi connectivity index (χ0n) is 15.7. The molecule has 0 unspecified atom stereocenters. The van der Waals surface area contributed by atoms with Gasteiger partial charge in [-0.05, 0) is 47.9 Å². The lowest BCUT2D eigenvalue weighted by Crippen LogP contribution is -2.31. The molecule has 0 aliphatic heterocycles. The molecule has 3 aromatic rings. The Kier molecular flexibility index (Phi) is 5.87. The van der Waals surface area contributed by atoms with Gasteiger partial charge in [0.05, 0.1) is 12.8 Å². The number of fused-ring (bicyclic) bond motifs is 1. The first-order valence-electron chi connectivity index (χ1n) is 9.16. The minimum absolute atomic E-state index is 0.00209. The summed E-state index contributed by atoms with van der Waals surface area (Å²) >= 11 is 0. The predicted molar refractivity (Wildman–Crippen MR) is 110 cm³/mol. The zero-order chi connectivity index (χ0) is 19.2. The molecule has 0 saturated heterocycles. The summed E-state index contributed by atoms with van der Waals surface area (Å²) in [6.45, 7) is 3.87. The lowest BCUT2D eigenvalue weighted by atomic mass is 10.0. The van der Waals surface area contributed by atoms with Gasteiger partial charge in [0.15, 0.2) is 0 Å². The summed E-state index contributed by atoms with van der Waals surface area (Å²) in [5.74, 6) is -0.0607. The summed E-state index contributed by atoms with van der Waals surface area (Å²) in [6.07, 6.45) is 0.655. The molecule has 0 bridgehead atoms. The molecule has 27 heavy (non-hydrogen) atoms. The number of hydrogen-bond acceptors (Lipinski definition) is 2. The van der Waals surface area contributed by atoms with Crippen LogP contribution in [0.1, 0.15) is 25.0 Å².